The molecule has 0 saturated carbocycles. The van der Waals surface area contributed by atoms with Gasteiger partial charge in [0.2, 0.25) is 7.71 Å². The maximum atomic E-state index is 3.84. The fourth-order valence-corrected chi connectivity index (χ4v) is 5.21. The van der Waals surface area contributed by atoms with Gasteiger partial charge in [-0.3, -0.25) is 0 Å². The molecule has 13 heavy (non-hydrogen) atoms. The topological polar surface area (TPSA) is 9.72 Å². The standard InChI is InChI=1S/C9H23N3P/c1-8-9-13(10(2)3,11(4)5)12(6)7/h8H,1,9H2,2-7H3/q+1. The summed E-state index contributed by atoms with van der Waals surface area (Å²) in [5.41, 5.74) is 0. The molecular formula is C9H23N3P+. The van der Waals surface area contributed by atoms with Crippen molar-refractivity contribution in [2.24, 2.45) is 0 Å². The van der Waals surface area contributed by atoms with Crippen molar-refractivity contribution in [3.63, 3.8) is 0 Å². The van der Waals surface area contributed by atoms with Crippen LogP contribution in [0.4, 0.5) is 0 Å². The van der Waals surface area contributed by atoms with E-state index in [-0.39, 0.29) is 0 Å². The molecule has 0 aliphatic rings. The summed E-state index contributed by atoms with van der Waals surface area (Å²) in [6.07, 6.45) is 3.04. The van der Waals surface area contributed by atoms with Crippen molar-refractivity contribution in [2.75, 3.05) is 48.4 Å². The molecule has 0 amide bonds. The number of hydrogen-bond acceptors (Lipinski definition) is 3. The predicted molar refractivity (Wildman–Crippen MR) is 63.0 cm³/mol. The van der Waals surface area contributed by atoms with Crippen LogP contribution in [0.15, 0.2) is 12.7 Å². The summed E-state index contributed by atoms with van der Waals surface area (Å²) in [6.45, 7) is 3.84. The van der Waals surface area contributed by atoms with Crippen LogP contribution in [0.2, 0.25) is 0 Å². The second-order valence-electron chi connectivity index (χ2n) is 3.71. The van der Waals surface area contributed by atoms with Crippen molar-refractivity contribution in [3.05, 3.63) is 12.7 Å². The Kier molecular flexibility index (Phi) is 5.08. The zero-order valence-electron chi connectivity index (χ0n) is 9.78. The zero-order chi connectivity index (χ0) is 10.6. The van der Waals surface area contributed by atoms with Gasteiger partial charge in [-0.05, 0) is 6.08 Å². The average molecular weight is 204 g/mol. The van der Waals surface area contributed by atoms with Crippen LogP contribution in [-0.2, 0) is 0 Å². The molecule has 0 aliphatic carbocycles. The number of rotatable bonds is 5. The minimum absolute atomic E-state index is 1.03. The summed E-state index contributed by atoms with van der Waals surface area (Å²) in [5, 5.41) is 0. The molecular weight excluding hydrogens is 181 g/mol. The zero-order valence-corrected chi connectivity index (χ0v) is 10.7. The number of hydrogen-bond donors (Lipinski definition) is 0. The molecule has 0 atom stereocenters. The van der Waals surface area contributed by atoms with Gasteiger partial charge in [-0.15, -0.1) is 0 Å². The Hall–Kier alpha value is 0.0500. The van der Waals surface area contributed by atoms with Gasteiger partial charge < -0.3 is 0 Å². The summed E-state index contributed by atoms with van der Waals surface area (Å²) in [7, 11) is 11.5. The first-order valence-electron chi connectivity index (χ1n) is 4.42. The third kappa shape index (κ3) is 2.50. The van der Waals surface area contributed by atoms with Crippen LogP contribution < -0.4 is 0 Å². The highest BCUT2D eigenvalue weighted by atomic mass is 31.2. The molecule has 0 rings (SSSR count). The Morgan fingerprint density at radius 1 is 0.923 bits per heavy atom. The summed E-state index contributed by atoms with van der Waals surface area (Å²) < 4.78 is 6.94. The highest BCUT2D eigenvalue weighted by molar-refractivity contribution is 7.69. The molecule has 0 unspecified atom stereocenters. The van der Waals surface area contributed by atoms with Gasteiger partial charge in [-0.1, -0.05) is 6.58 Å². The van der Waals surface area contributed by atoms with Gasteiger partial charge in [0, 0.05) is 42.3 Å². The Balaban J connectivity index is 4.92. The Bertz CT molecular complexity index is 144. The average Bonchev–Trinajstić information content (AvgIpc) is 1.97. The first-order chi connectivity index (χ1) is 5.89. The van der Waals surface area contributed by atoms with Gasteiger partial charge in [-0.2, -0.15) is 14.0 Å². The first-order valence-corrected chi connectivity index (χ1v) is 6.25. The molecule has 0 radical (unpaired) electrons. The fraction of sp³-hybridized carbons (Fsp3) is 0.778. The lowest BCUT2D eigenvalue weighted by Gasteiger charge is -2.39. The Morgan fingerprint density at radius 2 is 1.23 bits per heavy atom. The summed E-state index contributed by atoms with van der Waals surface area (Å²) in [4.78, 5) is 0. The van der Waals surface area contributed by atoms with E-state index in [1.807, 2.05) is 6.08 Å². The highest BCUT2D eigenvalue weighted by Gasteiger charge is 2.45. The van der Waals surface area contributed by atoms with E-state index in [1.54, 1.807) is 0 Å². The molecule has 4 heteroatoms. The van der Waals surface area contributed by atoms with E-state index in [4.69, 9.17) is 0 Å². The van der Waals surface area contributed by atoms with Crippen LogP contribution in [-0.4, -0.2) is 62.5 Å². The minimum Gasteiger partial charge on any atom is -0.154 e. The molecule has 0 bridgehead atoms. The smallest absolute Gasteiger partial charge is 0.154 e. The van der Waals surface area contributed by atoms with Gasteiger partial charge in [0.1, 0.15) is 6.16 Å². The monoisotopic (exact) mass is 204 g/mol. The third-order valence-electron chi connectivity index (χ3n) is 2.30. The lowest BCUT2D eigenvalue weighted by atomic mass is 10.8. The molecule has 0 aromatic carbocycles. The molecule has 0 fully saturated rings. The van der Waals surface area contributed by atoms with Crippen molar-refractivity contribution >= 4 is 7.71 Å². The van der Waals surface area contributed by atoms with Gasteiger partial charge in [0.25, 0.3) is 0 Å². The van der Waals surface area contributed by atoms with E-state index >= 15 is 0 Å². The summed E-state index contributed by atoms with van der Waals surface area (Å²) in [6, 6.07) is 0. The molecule has 0 aliphatic heterocycles. The predicted octanol–water partition coefficient (Wildman–Crippen LogP) is 1.62. The van der Waals surface area contributed by atoms with Crippen molar-refractivity contribution in [1.82, 2.24) is 14.0 Å². The molecule has 78 valence electrons. The van der Waals surface area contributed by atoms with E-state index in [9.17, 15) is 0 Å². The molecule has 3 nitrogen and oxygen atoms in total. The van der Waals surface area contributed by atoms with Crippen LogP contribution in [0.5, 0.6) is 0 Å². The van der Waals surface area contributed by atoms with E-state index in [1.165, 1.54) is 0 Å². The van der Waals surface area contributed by atoms with Crippen LogP contribution in [0, 0.1) is 0 Å². The van der Waals surface area contributed by atoms with E-state index < -0.39 is 7.71 Å². The molecule has 0 N–H and O–H groups in total. The van der Waals surface area contributed by atoms with Crippen LogP contribution in [0.25, 0.3) is 0 Å². The quantitative estimate of drug-likeness (QED) is 0.497. The molecule has 0 saturated heterocycles. The Labute approximate surface area is 83.5 Å². The highest BCUT2D eigenvalue weighted by Crippen LogP contribution is 2.63. The second kappa shape index (κ2) is 5.06. The SMILES string of the molecule is C=CC[P+](N(C)C)(N(C)C)N(C)C. The van der Waals surface area contributed by atoms with Crippen molar-refractivity contribution in [3.8, 4) is 0 Å². The van der Waals surface area contributed by atoms with E-state index in [0.29, 0.717) is 0 Å². The number of allylic oxidation sites excluding steroid dienone is 1. The first kappa shape index (κ1) is 13.1. The Morgan fingerprint density at radius 3 is 1.31 bits per heavy atom. The summed E-state index contributed by atoms with van der Waals surface area (Å²) in [5.74, 6) is 0. The van der Waals surface area contributed by atoms with E-state index in [2.05, 4.69) is 62.9 Å². The van der Waals surface area contributed by atoms with Crippen LogP contribution >= 0.6 is 7.71 Å². The van der Waals surface area contributed by atoms with Crippen molar-refractivity contribution < 1.29 is 0 Å². The summed E-state index contributed by atoms with van der Waals surface area (Å²) >= 11 is 0. The minimum atomic E-state index is -1.33. The third-order valence-corrected chi connectivity index (χ3v) is 6.89. The molecule has 0 heterocycles. The van der Waals surface area contributed by atoms with E-state index in [0.717, 1.165) is 6.16 Å². The van der Waals surface area contributed by atoms with Gasteiger partial charge >= 0.3 is 0 Å². The van der Waals surface area contributed by atoms with Crippen LogP contribution in [0.3, 0.4) is 0 Å². The van der Waals surface area contributed by atoms with Gasteiger partial charge in [0.05, 0.1) is 0 Å². The number of nitrogens with zero attached hydrogens (tertiary/aromatic N) is 3. The van der Waals surface area contributed by atoms with Crippen molar-refractivity contribution in [2.45, 2.75) is 0 Å². The lowest BCUT2D eigenvalue weighted by Crippen LogP contribution is -2.37. The largest absolute Gasteiger partial charge is 0.229 e. The van der Waals surface area contributed by atoms with Crippen LogP contribution in [0.1, 0.15) is 0 Å². The molecule has 0 aromatic heterocycles. The molecule has 0 spiro atoms. The normalized spacial score (nSPS) is 13.0. The van der Waals surface area contributed by atoms with Crippen molar-refractivity contribution in [1.29, 1.82) is 0 Å². The maximum Gasteiger partial charge on any atom is 0.229 e. The lowest BCUT2D eigenvalue weighted by molar-refractivity contribution is 0.462. The second-order valence-corrected chi connectivity index (χ2v) is 7.86. The van der Waals surface area contributed by atoms with Gasteiger partial charge in [-0.25, -0.2) is 0 Å². The maximum absolute atomic E-state index is 3.84. The van der Waals surface area contributed by atoms with Gasteiger partial charge in [0.15, 0.2) is 0 Å². The molecule has 0 aromatic rings. The fourth-order valence-electron chi connectivity index (χ4n) is 1.74.